The Morgan fingerprint density at radius 3 is 2.52 bits per heavy atom. The van der Waals surface area contributed by atoms with Gasteiger partial charge in [-0.15, -0.1) is 11.8 Å². The second-order valence-electron chi connectivity index (χ2n) is 10.0. The predicted molar refractivity (Wildman–Crippen MR) is 166 cm³/mol. The summed E-state index contributed by atoms with van der Waals surface area (Å²) in [6.45, 7) is 4.81. The quantitative estimate of drug-likeness (QED) is 0.128. The maximum Gasteiger partial charge on any atom is 0.321 e. The van der Waals surface area contributed by atoms with Gasteiger partial charge in [0.1, 0.15) is 17.8 Å². The molecule has 4 atom stereocenters. The zero-order valence-corrected chi connectivity index (χ0v) is 25.8. The van der Waals surface area contributed by atoms with Crippen LogP contribution in [0.15, 0.2) is 47.4 Å². The van der Waals surface area contributed by atoms with E-state index in [1.54, 1.807) is 7.11 Å². The number of fused-ring (bicyclic) bond motifs is 1. The lowest BCUT2D eigenvalue weighted by molar-refractivity contribution is -0.139. The van der Waals surface area contributed by atoms with Crippen molar-refractivity contribution in [3.63, 3.8) is 0 Å². The van der Waals surface area contributed by atoms with E-state index in [4.69, 9.17) is 15.6 Å². The number of ether oxygens (including phenoxy) is 1. The molecule has 1 aliphatic heterocycles. The van der Waals surface area contributed by atoms with Crippen LogP contribution in [0, 0.1) is 0 Å². The molecule has 0 saturated heterocycles. The second kappa shape index (κ2) is 15.9. The lowest BCUT2D eigenvalue weighted by Crippen LogP contribution is -2.48. The number of carbonyl (C=O) groups is 2. The molecule has 220 valence electrons. The Hall–Kier alpha value is -1.89. The lowest BCUT2D eigenvalue weighted by atomic mass is 9.88. The van der Waals surface area contributed by atoms with E-state index >= 15 is 0 Å². The highest BCUT2D eigenvalue weighted by atomic mass is 33.1. The fourth-order valence-corrected chi connectivity index (χ4v) is 8.38. The van der Waals surface area contributed by atoms with E-state index in [9.17, 15) is 14.7 Å². The zero-order valence-electron chi connectivity index (χ0n) is 23.4. The summed E-state index contributed by atoms with van der Waals surface area (Å²) in [6, 6.07) is 13.0. The van der Waals surface area contributed by atoms with Crippen molar-refractivity contribution in [2.45, 2.75) is 74.6 Å². The van der Waals surface area contributed by atoms with E-state index in [-0.39, 0.29) is 23.1 Å². The monoisotopic (exact) mass is 607 g/mol. The molecule has 0 bridgehead atoms. The van der Waals surface area contributed by atoms with Gasteiger partial charge in [0.15, 0.2) is 0 Å². The number of methoxy groups -OCH3 is 1. The number of carboxylic acids is 2. The molecule has 0 spiro atoms. The number of hydrogen-bond acceptors (Lipinski definition) is 9. The number of unbranched alkanes of at least 4 members (excludes halogenated alkanes) is 1. The first-order valence-electron chi connectivity index (χ1n) is 13.6. The Kier molecular flexibility index (Phi) is 13.0. The molecule has 2 aromatic rings. The summed E-state index contributed by atoms with van der Waals surface area (Å²) in [6.07, 6.45) is 4.43. The number of aliphatic carboxylic acids is 2. The molecule has 0 aromatic heterocycles. The fourth-order valence-electron chi connectivity index (χ4n) is 4.65. The molecular weight excluding hydrogens is 567 g/mol. The SMILES string of the molecule is CCCC[C@]1(CC)CSc2cc(CN[C@@H](CSSC[C@H](N)C(=O)O)C(=O)O)c(OC)cc2[C@@H](c2ccccc2)N1. The second-order valence-corrected chi connectivity index (χ2v) is 13.6. The highest BCUT2D eigenvalue weighted by Gasteiger charge is 2.36. The Balaban J connectivity index is 1.84. The van der Waals surface area contributed by atoms with Crippen LogP contribution in [0.1, 0.15) is 62.3 Å². The topological polar surface area (TPSA) is 134 Å². The fraction of sp³-hybridized carbons (Fsp3) is 0.517. The molecule has 0 radical (unpaired) electrons. The molecule has 0 fully saturated rings. The van der Waals surface area contributed by atoms with E-state index in [0.29, 0.717) is 12.3 Å². The van der Waals surface area contributed by atoms with E-state index in [0.717, 1.165) is 37.0 Å². The maximum atomic E-state index is 11.9. The molecule has 8 nitrogen and oxygen atoms in total. The van der Waals surface area contributed by atoms with Gasteiger partial charge < -0.3 is 20.7 Å². The van der Waals surface area contributed by atoms with E-state index < -0.39 is 24.0 Å². The van der Waals surface area contributed by atoms with Crippen molar-refractivity contribution in [3.8, 4) is 5.75 Å². The molecular formula is C29H41N3O5S3. The van der Waals surface area contributed by atoms with E-state index in [1.165, 1.54) is 37.6 Å². The molecule has 11 heteroatoms. The van der Waals surface area contributed by atoms with Crippen LogP contribution in [0.25, 0.3) is 0 Å². The van der Waals surface area contributed by atoms with Crippen LogP contribution in [0.2, 0.25) is 0 Å². The number of nitrogens with two attached hydrogens (primary N) is 1. The lowest BCUT2D eigenvalue weighted by Gasteiger charge is -2.36. The molecule has 6 N–H and O–H groups in total. The van der Waals surface area contributed by atoms with Crippen LogP contribution in [-0.2, 0) is 16.1 Å². The molecule has 0 aliphatic carbocycles. The number of carboxylic acid groups (broad SMARTS) is 2. The summed E-state index contributed by atoms with van der Waals surface area (Å²) in [7, 11) is 4.21. The minimum atomic E-state index is -1.07. The van der Waals surface area contributed by atoms with Crippen molar-refractivity contribution >= 4 is 45.3 Å². The van der Waals surface area contributed by atoms with Crippen molar-refractivity contribution in [3.05, 3.63) is 59.2 Å². The first-order valence-corrected chi connectivity index (χ1v) is 17.1. The van der Waals surface area contributed by atoms with Gasteiger partial charge in [0.25, 0.3) is 0 Å². The number of rotatable bonds is 16. The van der Waals surface area contributed by atoms with Gasteiger partial charge in [-0.05, 0) is 36.1 Å². The summed E-state index contributed by atoms with van der Waals surface area (Å²) in [4.78, 5) is 24.0. The Morgan fingerprint density at radius 1 is 1.18 bits per heavy atom. The average molecular weight is 608 g/mol. The molecule has 2 aromatic carbocycles. The van der Waals surface area contributed by atoms with Gasteiger partial charge in [0, 0.05) is 39.8 Å². The summed E-state index contributed by atoms with van der Waals surface area (Å²) in [5.74, 6) is 0.103. The largest absolute Gasteiger partial charge is 0.496 e. The van der Waals surface area contributed by atoms with Gasteiger partial charge in [-0.25, -0.2) is 0 Å². The molecule has 0 saturated carbocycles. The van der Waals surface area contributed by atoms with Crippen LogP contribution in [-0.4, -0.2) is 64.1 Å². The molecule has 3 rings (SSSR count). The van der Waals surface area contributed by atoms with Gasteiger partial charge in [0.2, 0.25) is 0 Å². The minimum Gasteiger partial charge on any atom is -0.496 e. The Labute approximate surface area is 249 Å². The van der Waals surface area contributed by atoms with Crippen LogP contribution >= 0.6 is 33.3 Å². The Morgan fingerprint density at radius 2 is 1.90 bits per heavy atom. The first kappa shape index (κ1) is 32.6. The number of hydrogen-bond donors (Lipinski definition) is 5. The highest BCUT2D eigenvalue weighted by Crippen LogP contribution is 2.43. The summed E-state index contributed by atoms with van der Waals surface area (Å²) < 4.78 is 5.82. The number of thioether (sulfide) groups is 1. The predicted octanol–water partition coefficient (Wildman–Crippen LogP) is 5.16. The van der Waals surface area contributed by atoms with Crippen molar-refractivity contribution < 1.29 is 24.5 Å². The Bertz CT molecular complexity index is 1120. The van der Waals surface area contributed by atoms with Crippen LogP contribution in [0.5, 0.6) is 5.75 Å². The zero-order chi connectivity index (χ0) is 29.1. The van der Waals surface area contributed by atoms with Crippen molar-refractivity contribution in [2.75, 3.05) is 24.4 Å². The molecule has 0 amide bonds. The van der Waals surface area contributed by atoms with E-state index in [2.05, 4.69) is 60.9 Å². The van der Waals surface area contributed by atoms with Crippen LogP contribution in [0.3, 0.4) is 0 Å². The van der Waals surface area contributed by atoms with Crippen molar-refractivity contribution in [1.29, 1.82) is 0 Å². The van der Waals surface area contributed by atoms with Crippen LogP contribution < -0.4 is 21.1 Å². The van der Waals surface area contributed by atoms with Crippen LogP contribution in [0.4, 0.5) is 0 Å². The van der Waals surface area contributed by atoms with Crippen molar-refractivity contribution in [2.24, 2.45) is 5.73 Å². The van der Waals surface area contributed by atoms with Gasteiger partial charge >= 0.3 is 11.9 Å². The third kappa shape index (κ3) is 8.80. The molecule has 1 heterocycles. The first-order chi connectivity index (χ1) is 19.2. The standard InChI is InChI=1S/C29H41N3O5S3/c1-4-6-12-29(5-2)18-38-25-13-20(15-31-23(28(35)36)17-40-39-16-22(30)27(33)34)24(37-3)14-21(25)26(32-29)19-10-8-7-9-11-19/h7-11,13-14,22-23,26,31-32H,4-6,12,15-18,30H2,1-3H3,(H,33,34)(H,35,36)/t22-,23-,26+,29+/m0/s1. The summed E-state index contributed by atoms with van der Waals surface area (Å²) in [5, 5.41) is 25.9. The van der Waals surface area contributed by atoms with Gasteiger partial charge in [0.05, 0.1) is 13.2 Å². The van der Waals surface area contributed by atoms with Gasteiger partial charge in [-0.3, -0.25) is 20.2 Å². The molecule has 0 unspecified atom stereocenters. The minimum absolute atomic E-state index is 0.00166. The number of nitrogens with one attached hydrogen (secondary N) is 2. The average Bonchev–Trinajstić information content (AvgIpc) is 3.12. The summed E-state index contributed by atoms with van der Waals surface area (Å²) in [5.41, 5.74) is 8.81. The maximum absolute atomic E-state index is 11.9. The smallest absolute Gasteiger partial charge is 0.321 e. The van der Waals surface area contributed by atoms with E-state index in [1.807, 2.05) is 17.8 Å². The van der Waals surface area contributed by atoms with Gasteiger partial charge in [-0.1, -0.05) is 78.6 Å². The summed E-state index contributed by atoms with van der Waals surface area (Å²) >= 11 is 1.86. The third-order valence-electron chi connectivity index (χ3n) is 7.22. The van der Waals surface area contributed by atoms with Crippen molar-refractivity contribution in [1.82, 2.24) is 10.6 Å². The van der Waals surface area contributed by atoms with Gasteiger partial charge in [-0.2, -0.15) is 0 Å². The molecule has 1 aliphatic rings. The normalized spacial score (nSPS) is 20.2. The molecule has 40 heavy (non-hydrogen) atoms. The third-order valence-corrected chi connectivity index (χ3v) is 11.0. The highest BCUT2D eigenvalue weighted by molar-refractivity contribution is 8.76. The number of benzene rings is 2.